The minimum absolute atomic E-state index is 0.106. The first kappa shape index (κ1) is 18.8. The highest BCUT2D eigenvalue weighted by atomic mass is 16.5. The number of para-hydroxylation sites is 1. The molecular weight excluding hydrogens is 372 g/mol. The third kappa shape index (κ3) is 4.48. The largest absolute Gasteiger partial charge is 0.455 e. The summed E-state index contributed by atoms with van der Waals surface area (Å²) in [4.78, 5) is 25.8. The molecule has 0 bridgehead atoms. The van der Waals surface area contributed by atoms with Gasteiger partial charge in [-0.1, -0.05) is 24.3 Å². The van der Waals surface area contributed by atoms with Gasteiger partial charge in [0, 0.05) is 13.1 Å². The number of amides is 2. The number of H-pyrrole nitrogens is 1. The second-order valence-electron chi connectivity index (χ2n) is 7.08. The number of hydrogen-bond acceptors (Lipinski definition) is 5. The Hall–Kier alpha value is -3.55. The molecule has 1 aliphatic rings. The second kappa shape index (κ2) is 8.22. The first-order valence-corrected chi connectivity index (χ1v) is 9.53. The molecule has 1 aromatic heterocycles. The van der Waals surface area contributed by atoms with Crippen molar-refractivity contribution in [1.29, 1.82) is 0 Å². The summed E-state index contributed by atoms with van der Waals surface area (Å²) in [5, 5.41) is 9.15. The quantitative estimate of drug-likeness (QED) is 0.699. The van der Waals surface area contributed by atoms with Gasteiger partial charge in [0.25, 0.3) is 0 Å². The predicted molar refractivity (Wildman–Crippen MR) is 107 cm³/mol. The van der Waals surface area contributed by atoms with Crippen LogP contribution in [0.1, 0.15) is 30.2 Å². The molecule has 0 radical (unpaired) electrons. The molecule has 8 nitrogen and oxygen atoms in total. The zero-order valence-corrected chi connectivity index (χ0v) is 16.1. The van der Waals surface area contributed by atoms with Crippen molar-refractivity contribution >= 4 is 11.7 Å². The Morgan fingerprint density at radius 3 is 2.86 bits per heavy atom. The van der Waals surface area contributed by atoms with Gasteiger partial charge < -0.3 is 19.4 Å². The second-order valence-corrected chi connectivity index (χ2v) is 7.08. The third-order valence-corrected chi connectivity index (χ3v) is 4.86. The summed E-state index contributed by atoms with van der Waals surface area (Å²) in [6.07, 6.45) is 1.61. The van der Waals surface area contributed by atoms with Crippen molar-refractivity contribution in [3.63, 3.8) is 0 Å². The van der Waals surface area contributed by atoms with Crippen molar-refractivity contribution in [1.82, 2.24) is 15.1 Å². The van der Waals surface area contributed by atoms with Gasteiger partial charge in [-0.2, -0.15) is 0 Å². The number of aromatic nitrogens is 2. The van der Waals surface area contributed by atoms with Crippen LogP contribution in [0.25, 0.3) is 0 Å². The lowest BCUT2D eigenvalue weighted by atomic mass is 9.98. The summed E-state index contributed by atoms with van der Waals surface area (Å²) in [6, 6.07) is 14.8. The number of rotatable bonds is 4. The van der Waals surface area contributed by atoms with Gasteiger partial charge in [-0.3, -0.25) is 0 Å². The van der Waals surface area contributed by atoms with E-state index in [4.69, 9.17) is 9.15 Å². The number of piperidine rings is 1. The van der Waals surface area contributed by atoms with E-state index < -0.39 is 5.76 Å². The van der Waals surface area contributed by atoms with Crippen molar-refractivity contribution in [2.75, 3.05) is 18.4 Å². The Morgan fingerprint density at radius 2 is 2.10 bits per heavy atom. The lowest BCUT2D eigenvalue weighted by Crippen LogP contribution is -2.41. The average molecular weight is 394 g/mol. The van der Waals surface area contributed by atoms with Gasteiger partial charge in [0.05, 0.1) is 11.6 Å². The van der Waals surface area contributed by atoms with E-state index in [9.17, 15) is 9.59 Å². The molecule has 2 N–H and O–H groups in total. The van der Waals surface area contributed by atoms with E-state index in [0.29, 0.717) is 36.2 Å². The lowest BCUT2D eigenvalue weighted by molar-refractivity contribution is 0.186. The Kier molecular flexibility index (Phi) is 5.33. The van der Waals surface area contributed by atoms with Crippen LogP contribution in [0, 0.1) is 6.92 Å². The number of carbonyl (C=O) groups excluding carboxylic acids is 1. The molecule has 1 saturated heterocycles. The SMILES string of the molecule is Cc1ccc(Oc2ccccc2)c(NC(=O)N2CCC[C@H](c3n[nH]c(=O)o3)C2)c1. The summed E-state index contributed by atoms with van der Waals surface area (Å²) < 4.78 is 11.0. The molecular formula is C21H22N4O4. The Balaban J connectivity index is 1.49. The van der Waals surface area contributed by atoms with Gasteiger partial charge in [-0.15, -0.1) is 5.10 Å². The van der Waals surface area contributed by atoms with Crippen LogP contribution in [0.3, 0.4) is 0 Å². The monoisotopic (exact) mass is 394 g/mol. The van der Waals surface area contributed by atoms with Gasteiger partial charge in [-0.05, 0) is 49.6 Å². The minimum atomic E-state index is -0.580. The van der Waals surface area contributed by atoms with E-state index in [-0.39, 0.29) is 11.9 Å². The summed E-state index contributed by atoms with van der Waals surface area (Å²) in [5.41, 5.74) is 1.61. The van der Waals surface area contributed by atoms with Crippen molar-refractivity contribution in [2.45, 2.75) is 25.7 Å². The van der Waals surface area contributed by atoms with Gasteiger partial charge in [0.1, 0.15) is 5.75 Å². The first-order chi connectivity index (χ1) is 14.1. The fraction of sp³-hybridized carbons (Fsp3) is 0.286. The van der Waals surface area contributed by atoms with Gasteiger partial charge >= 0.3 is 11.8 Å². The number of nitrogens with zero attached hydrogens (tertiary/aromatic N) is 2. The smallest absolute Gasteiger partial charge is 0.434 e. The maximum Gasteiger partial charge on any atom is 0.434 e. The van der Waals surface area contributed by atoms with Crippen LogP contribution in [-0.4, -0.2) is 34.2 Å². The highest BCUT2D eigenvalue weighted by Crippen LogP contribution is 2.31. The van der Waals surface area contributed by atoms with Gasteiger partial charge in [-0.25, -0.2) is 14.7 Å². The number of carbonyl (C=O) groups is 1. The van der Waals surface area contributed by atoms with E-state index >= 15 is 0 Å². The first-order valence-electron chi connectivity index (χ1n) is 9.53. The van der Waals surface area contributed by atoms with Gasteiger partial charge in [0.2, 0.25) is 5.89 Å². The van der Waals surface area contributed by atoms with Crippen LogP contribution in [0.15, 0.2) is 57.7 Å². The number of ether oxygens (including phenoxy) is 1. The summed E-state index contributed by atoms with van der Waals surface area (Å²) in [7, 11) is 0. The summed E-state index contributed by atoms with van der Waals surface area (Å²) >= 11 is 0. The van der Waals surface area contributed by atoms with Crippen LogP contribution >= 0.6 is 0 Å². The van der Waals surface area contributed by atoms with Crippen molar-refractivity contribution in [2.24, 2.45) is 0 Å². The van der Waals surface area contributed by atoms with Crippen LogP contribution in [0.5, 0.6) is 11.5 Å². The molecule has 0 unspecified atom stereocenters. The molecule has 1 fully saturated rings. The molecule has 8 heteroatoms. The molecule has 0 aliphatic carbocycles. The standard InChI is InChI=1S/C21H22N4O4/c1-14-9-10-18(28-16-7-3-2-4-8-16)17(12-14)22-20(26)25-11-5-6-15(13-25)19-23-24-21(27)29-19/h2-4,7-10,12,15H,5-6,11,13H2,1H3,(H,22,26)(H,24,27)/t15-/m0/s1. The molecule has 29 heavy (non-hydrogen) atoms. The molecule has 150 valence electrons. The molecule has 3 aromatic rings. The average Bonchev–Trinajstić information content (AvgIpc) is 3.17. The van der Waals surface area contributed by atoms with Crippen LogP contribution in [0.4, 0.5) is 10.5 Å². The molecule has 2 aromatic carbocycles. The van der Waals surface area contributed by atoms with E-state index in [1.165, 1.54) is 0 Å². The molecule has 0 spiro atoms. The van der Waals surface area contributed by atoms with Crippen LogP contribution < -0.4 is 15.8 Å². The van der Waals surface area contributed by atoms with Crippen molar-refractivity contribution < 1.29 is 13.9 Å². The number of anilines is 1. The Labute approximate surface area is 167 Å². The zero-order valence-electron chi connectivity index (χ0n) is 16.1. The number of aryl methyl sites for hydroxylation is 1. The number of aromatic amines is 1. The molecule has 1 aliphatic heterocycles. The number of likely N-dealkylation sites (tertiary alicyclic amines) is 1. The van der Waals surface area contributed by atoms with Crippen molar-refractivity contribution in [3.8, 4) is 11.5 Å². The third-order valence-electron chi connectivity index (χ3n) is 4.86. The summed E-state index contributed by atoms with van der Waals surface area (Å²) in [5.74, 6) is 0.923. The Bertz CT molecular complexity index is 1040. The lowest BCUT2D eigenvalue weighted by Gasteiger charge is -2.31. The van der Waals surface area contributed by atoms with E-state index in [0.717, 1.165) is 18.4 Å². The molecule has 2 amide bonds. The maximum absolute atomic E-state index is 12.9. The molecule has 1 atom stereocenters. The van der Waals surface area contributed by atoms with Crippen molar-refractivity contribution in [3.05, 3.63) is 70.5 Å². The zero-order chi connectivity index (χ0) is 20.2. The highest BCUT2D eigenvalue weighted by Gasteiger charge is 2.28. The fourth-order valence-corrected chi connectivity index (χ4v) is 3.42. The topological polar surface area (TPSA) is 100 Å². The van der Waals surface area contributed by atoms with E-state index in [1.54, 1.807) is 4.90 Å². The number of benzene rings is 2. The van der Waals surface area contributed by atoms with Gasteiger partial charge in [0.15, 0.2) is 5.75 Å². The normalized spacial score (nSPS) is 16.4. The number of nitrogens with one attached hydrogen (secondary N) is 2. The summed E-state index contributed by atoms with van der Waals surface area (Å²) in [6.45, 7) is 3.01. The fourth-order valence-electron chi connectivity index (χ4n) is 3.42. The van der Waals surface area contributed by atoms with Crippen LogP contribution in [0.2, 0.25) is 0 Å². The number of hydrogen-bond donors (Lipinski definition) is 2. The maximum atomic E-state index is 12.9. The molecule has 0 saturated carbocycles. The Morgan fingerprint density at radius 1 is 1.28 bits per heavy atom. The van der Waals surface area contributed by atoms with E-state index in [1.807, 2.05) is 55.5 Å². The van der Waals surface area contributed by atoms with E-state index in [2.05, 4.69) is 15.5 Å². The molecule has 2 heterocycles. The number of urea groups is 1. The molecule has 4 rings (SSSR count). The highest BCUT2D eigenvalue weighted by molar-refractivity contribution is 5.91. The van der Waals surface area contributed by atoms with Crippen LogP contribution in [-0.2, 0) is 0 Å². The predicted octanol–water partition coefficient (Wildman–Crippen LogP) is 3.88. The minimum Gasteiger partial charge on any atom is -0.455 e.